The first-order chi connectivity index (χ1) is 9.88. The van der Waals surface area contributed by atoms with Crippen LogP contribution in [0.25, 0.3) is 0 Å². The summed E-state index contributed by atoms with van der Waals surface area (Å²) in [6.45, 7) is 0. The minimum absolute atomic E-state index is 0.0103. The van der Waals surface area contributed by atoms with Gasteiger partial charge in [-0.3, -0.25) is 10.1 Å². The second-order valence-corrected chi connectivity index (χ2v) is 4.77. The van der Waals surface area contributed by atoms with Crippen LogP contribution in [0.2, 0.25) is 0 Å². The molecule has 0 amide bonds. The third-order valence-electron chi connectivity index (χ3n) is 2.52. The van der Waals surface area contributed by atoms with E-state index in [9.17, 15) is 19.3 Å². The number of ether oxygens (including phenoxy) is 1. The molecule has 8 heteroatoms. The Labute approximate surface area is 126 Å². The Morgan fingerprint density at radius 2 is 2.00 bits per heavy atom. The van der Waals surface area contributed by atoms with Crippen molar-refractivity contribution in [1.82, 2.24) is 0 Å². The van der Waals surface area contributed by atoms with Gasteiger partial charge in [0.05, 0.1) is 10.5 Å². The maximum Gasteiger partial charge on any atom is 0.336 e. The molecule has 0 fully saturated rings. The van der Waals surface area contributed by atoms with Crippen molar-refractivity contribution in [3.63, 3.8) is 0 Å². The Balaban J connectivity index is 2.38. The van der Waals surface area contributed by atoms with E-state index in [1.807, 2.05) is 0 Å². The van der Waals surface area contributed by atoms with Gasteiger partial charge in [0.1, 0.15) is 11.6 Å². The molecule has 0 spiro atoms. The van der Waals surface area contributed by atoms with Gasteiger partial charge in [-0.2, -0.15) is 0 Å². The van der Waals surface area contributed by atoms with Crippen molar-refractivity contribution in [3.8, 4) is 11.5 Å². The van der Waals surface area contributed by atoms with Crippen LogP contribution in [0.15, 0.2) is 40.9 Å². The predicted molar refractivity (Wildman–Crippen MR) is 74.2 cm³/mol. The number of halogens is 2. The van der Waals surface area contributed by atoms with Gasteiger partial charge in [0.15, 0.2) is 0 Å². The van der Waals surface area contributed by atoms with Crippen LogP contribution in [0.3, 0.4) is 0 Å². The van der Waals surface area contributed by atoms with E-state index in [4.69, 9.17) is 9.84 Å². The molecule has 0 aromatic heterocycles. The molecular formula is C13H7BrFNO5. The highest BCUT2D eigenvalue weighted by molar-refractivity contribution is 9.10. The van der Waals surface area contributed by atoms with E-state index in [1.54, 1.807) is 0 Å². The van der Waals surface area contributed by atoms with Crippen LogP contribution in [0.1, 0.15) is 10.4 Å². The number of rotatable bonds is 4. The summed E-state index contributed by atoms with van der Waals surface area (Å²) in [6.07, 6.45) is 0. The lowest BCUT2D eigenvalue weighted by Gasteiger charge is -2.08. The SMILES string of the molecule is O=C(O)c1ccc(Oc2cc(F)ccc2[N+](=O)[O-])cc1Br. The molecule has 0 bridgehead atoms. The van der Waals surface area contributed by atoms with Crippen molar-refractivity contribution in [3.05, 3.63) is 62.4 Å². The van der Waals surface area contributed by atoms with Crippen molar-refractivity contribution >= 4 is 27.6 Å². The number of hydrogen-bond acceptors (Lipinski definition) is 4. The zero-order valence-electron chi connectivity index (χ0n) is 10.2. The van der Waals surface area contributed by atoms with E-state index in [-0.39, 0.29) is 21.5 Å². The van der Waals surface area contributed by atoms with Gasteiger partial charge in [-0.05, 0) is 40.2 Å². The number of nitro groups is 1. The smallest absolute Gasteiger partial charge is 0.336 e. The van der Waals surface area contributed by atoms with Gasteiger partial charge in [-0.15, -0.1) is 0 Å². The summed E-state index contributed by atoms with van der Waals surface area (Å²) in [7, 11) is 0. The minimum Gasteiger partial charge on any atom is -0.478 e. The second-order valence-electron chi connectivity index (χ2n) is 3.92. The quantitative estimate of drug-likeness (QED) is 0.661. The number of hydrogen-bond donors (Lipinski definition) is 1. The summed E-state index contributed by atoms with van der Waals surface area (Å²) in [6, 6.07) is 6.75. The Bertz CT molecular complexity index is 734. The molecule has 0 aliphatic rings. The fourth-order valence-electron chi connectivity index (χ4n) is 1.58. The lowest BCUT2D eigenvalue weighted by atomic mass is 10.2. The maximum atomic E-state index is 13.2. The normalized spacial score (nSPS) is 10.2. The summed E-state index contributed by atoms with van der Waals surface area (Å²) < 4.78 is 18.7. The average Bonchev–Trinajstić information content (AvgIpc) is 2.37. The first-order valence-corrected chi connectivity index (χ1v) is 6.32. The monoisotopic (exact) mass is 355 g/mol. The number of carboxylic acids is 1. The molecule has 2 aromatic carbocycles. The Hall–Kier alpha value is -2.48. The summed E-state index contributed by atoms with van der Waals surface area (Å²) in [4.78, 5) is 21.0. The highest BCUT2D eigenvalue weighted by Crippen LogP contribution is 2.33. The molecule has 0 saturated heterocycles. The summed E-state index contributed by atoms with van der Waals surface area (Å²) in [5.41, 5.74) is -0.383. The molecule has 0 aliphatic carbocycles. The van der Waals surface area contributed by atoms with Gasteiger partial charge in [0.25, 0.3) is 0 Å². The standard InChI is InChI=1S/C13H7BrFNO5/c14-10-6-8(2-3-9(10)13(17)18)21-12-5-7(15)1-4-11(12)16(19)20/h1-6H,(H,17,18). The van der Waals surface area contributed by atoms with Gasteiger partial charge >= 0.3 is 11.7 Å². The Kier molecular flexibility index (Phi) is 4.18. The largest absolute Gasteiger partial charge is 0.478 e. The van der Waals surface area contributed by atoms with Crippen LogP contribution < -0.4 is 4.74 Å². The van der Waals surface area contributed by atoms with Crippen molar-refractivity contribution in [2.45, 2.75) is 0 Å². The number of nitro benzene ring substituents is 1. The van der Waals surface area contributed by atoms with E-state index in [0.717, 1.165) is 18.2 Å². The number of carboxylic acid groups (broad SMARTS) is 1. The summed E-state index contributed by atoms with van der Waals surface area (Å²) in [5, 5.41) is 19.7. The van der Waals surface area contributed by atoms with Crippen LogP contribution in [0, 0.1) is 15.9 Å². The van der Waals surface area contributed by atoms with Gasteiger partial charge in [0, 0.05) is 16.6 Å². The zero-order valence-corrected chi connectivity index (χ0v) is 11.8. The van der Waals surface area contributed by atoms with E-state index in [0.29, 0.717) is 0 Å². The van der Waals surface area contributed by atoms with Gasteiger partial charge < -0.3 is 9.84 Å². The van der Waals surface area contributed by atoms with Crippen molar-refractivity contribution in [2.75, 3.05) is 0 Å². The Morgan fingerprint density at radius 3 is 2.57 bits per heavy atom. The minimum atomic E-state index is -1.13. The summed E-state index contributed by atoms with van der Waals surface area (Å²) >= 11 is 3.05. The summed E-state index contributed by atoms with van der Waals surface area (Å²) in [5.74, 6) is -1.95. The number of aromatic carboxylic acids is 1. The van der Waals surface area contributed by atoms with Crippen LogP contribution in [0.5, 0.6) is 11.5 Å². The molecule has 2 rings (SSSR count). The van der Waals surface area contributed by atoms with E-state index in [1.165, 1.54) is 18.2 Å². The van der Waals surface area contributed by atoms with E-state index in [2.05, 4.69) is 15.9 Å². The number of nitrogens with zero attached hydrogens (tertiary/aromatic N) is 1. The zero-order chi connectivity index (χ0) is 15.6. The third-order valence-corrected chi connectivity index (χ3v) is 3.17. The van der Waals surface area contributed by atoms with Crippen molar-refractivity contribution < 1.29 is 24.0 Å². The third kappa shape index (κ3) is 3.34. The first-order valence-electron chi connectivity index (χ1n) is 5.53. The predicted octanol–water partition coefficient (Wildman–Crippen LogP) is 3.99. The van der Waals surface area contributed by atoms with Crippen molar-refractivity contribution in [1.29, 1.82) is 0 Å². The lowest BCUT2D eigenvalue weighted by Crippen LogP contribution is -1.98. The van der Waals surface area contributed by atoms with Crippen LogP contribution in [-0.4, -0.2) is 16.0 Å². The molecule has 0 aliphatic heterocycles. The second kappa shape index (κ2) is 5.88. The highest BCUT2D eigenvalue weighted by atomic mass is 79.9. The molecular weight excluding hydrogens is 349 g/mol. The Morgan fingerprint density at radius 1 is 1.29 bits per heavy atom. The maximum absolute atomic E-state index is 13.2. The molecule has 2 aromatic rings. The van der Waals surface area contributed by atoms with E-state index < -0.39 is 22.4 Å². The molecule has 0 atom stereocenters. The van der Waals surface area contributed by atoms with Crippen molar-refractivity contribution in [2.24, 2.45) is 0 Å². The van der Waals surface area contributed by atoms with Crippen LogP contribution in [0.4, 0.5) is 10.1 Å². The molecule has 0 heterocycles. The number of carbonyl (C=O) groups is 1. The van der Waals surface area contributed by atoms with E-state index >= 15 is 0 Å². The number of benzene rings is 2. The molecule has 108 valence electrons. The molecule has 0 saturated carbocycles. The molecule has 0 unspecified atom stereocenters. The molecule has 1 N–H and O–H groups in total. The topological polar surface area (TPSA) is 89.7 Å². The molecule has 21 heavy (non-hydrogen) atoms. The fraction of sp³-hybridized carbons (Fsp3) is 0. The van der Waals surface area contributed by atoms with Crippen LogP contribution in [-0.2, 0) is 0 Å². The van der Waals surface area contributed by atoms with Gasteiger partial charge in [0.2, 0.25) is 5.75 Å². The first kappa shape index (κ1) is 14.9. The van der Waals surface area contributed by atoms with Gasteiger partial charge in [-0.25, -0.2) is 9.18 Å². The highest BCUT2D eigenvalue weighted by Gasteiger charge is 2.17. The van der Waals surface area contributed by atoms with Gasteiger partial charge in [-0.1, -0.05) is 0 Å². The molecule has 0 radical (unpaired) electrons. The molecule has 6 nitrogen and oxygen atoms in total. The average molecular weight is 356 g/mol. The fourth-order valence-corrected chi connectivity index (χ4v) is 2.11. The lowest BCUT2D eigenvalue weighted by molar-refractivity contribution is -0.385. The van der Waals surface area contributed by atoms with Crippen LogP contribution >= 0.6 is 15.9 Å².